The highest BCUT2D eigenvalue weighted by Gasteiger charge is 2.37. The molecule has 0 bridgehead atoms. The third-order valence-electron chi connectivity index (χ3n) is 4.64. The number of likely N-dealkylation sites (tertiary alicyclic amines) is 1. The molecule has 2 unspecified atom stereocenters. The van der Waals surface area contributed by atoms with Gasteiger partial charge in [-0.05, 0) is 49.4 Å². The molecular formula is C19H22N2O2. The van der Waals surface area contributed by atoms with Gasteiger partial charge in [0.2, 0.25) is 0 Å². The first kappa shape index (κ1) is 15.7. The summed E-state index contributed by atoms with van der Waals surface area (Å²) >= 11 is 0. The third kappa shape index (κ3) is 3.13. The van der Waals surface area contributed by atoms with E-state index in [-0.39, 0.29) is 6.04 Å². The Morgan fingerprint density at radius 1 is 1.35 bits per heavy atom. The van der Waals surface area contributed by atoms with E-state index < -0.39 is 12.0 Å². The number of aromatic nitrogens is 1. The molecule has 2 atom stereocenters. The lowest BCUT2D eigenvalue weighted by molar-refractivity contribution is -0.142. The van der Waals surface area contributed by atoms with Crippen LogP contribution in [0.1, 0.15) is 41.1 Å². The zero-order valence-electron chi connectivity index (χ0n) is 13.6. The molecule has 0 aliphatic carbocycles. The molecule has 4 heteroatoms. The fourth-order valence-electron chi connectivity index (χ4n) is 3.51. The largest absolute Gasteiger partial charge is 0.480 e. The fraction of sp³-hybridized carbons (Fsp3) is 0.368. The smallest absolute Gasteiger partial charge is 0.320 e. The predicted octanol–water partition coefficient (Wildman–Crippen LogP) is 3.34. The van der Waals surface area contributed by atoms with Crippen molar-refractivity contribution in [3.63, 3.8) is 0 Å². The Morgan fingerprint density at radius 3 is 2.87 bits per heavy atom. The molecule has 0 saturated carbocycles. The van der Waals surface area contributed by atoms with Gasteiger partial charge in [0.1, 0.15) is 6.04 Å². The van der Waals surface area contributed by atoms with E-state index in [1.165, 1.54) is 16.7 Å². The van der Waals surface area contributed by atoms with Gasteiger partial charge >= 0.3 is 5.97 Å². The molecular weight excluding hydrogens is 288 g/mol. The monoisotopic (exact) mass is 310 g/mol. The summed E-state index contributed by atoms with van der Waals surface area (Å²) in [7, 11) is 0. The first-order valence-electron chi connectivity index (χ1n) is 8.03. The van der Waals surface area contributed by atoms with Crippen LogP contribution in [0.5, 0.6) is 0 Å². The van der Waals surface area contributed by atoms with Gasteiger partial charge in [0, 0.05) is 18.9 Å². The van der Waals surface area contributed by atoms with Crippen molar-refractivity contribution in [2.45, 2.75) is 38.8 Å². The average molecular weight is 310 g/mol. The van der Waals surface area contributed by atoms with Crippen LogP contribution in [-0.2, 0) is 4.79 Å². The number of hydrogen-bond acceptors (Lipinski definition) is 3. The molecule has 120 valence electrons. The molecule has 1 aliphatic heterocycles. The molecule has 0 radical (unpaired) electrons. The van der Waals surface area contributed by atoms with E-state index in [9.17, 15) is 9.90 Å². The lowest BCUT2D eigenvalue weighted by Gasteiger charge is -2.33. The van der Waals surface area contributed by atoms with Crippen molar-refractivity contribution in [1.82, 2.24) is 9.88 Å². The Bertz CT molecular complexity index is 700. The number of carbonyl (C=O) groups is 1. The summed E-state index contributed by atoms with van der Waals surface area (Å²) in [6.07, 6.45) is 5.22. The topological polar surface area (TPSA) is 53.4 Å². The normalized spacial score (nSPS) is 19.7. The van der Waals surface area contributed by atoms with Crippen LogP contribution in [0.4, 0.5) is 0 Å². The molecule has 1 fully saturated rings. The highest BCUT2D eigenvalue weighted by molar-refractivity contribution is 5.74. The SMILES string of the molecule is Cc1ccc(C)c(C(c2cccnc2)N2CCCC2C(=O)O)c1. The third-order valence-corrected chi connectivity index (χ3v) is 4.64. The number of carboxylic acid groups (broad SMARTS) is 1. The molecule has 4 nitrogen and oxygen atoms in total. The van der Waals surface area contributed by atoms with Crippen molar-refractivity contribution in [3.8, 4) is 0 Å². The lowest BCUT2D eigenvalue weighted by atomic mass is 9.92. The number of aryl methyl sites for hydroxylation is 2. The maximum absolute atomic E-state index is 11.7. The molecule has 1 aromatic carbocycles. The summed E-state index contributed by atoms with van der Waals surface area (Å²) in [4.78, 5) is 18.0. The van der Waals surface area contributed by atoms with Crippen molar-refractivity contribution in [3.05, 3.63) is 65.0 Å². The van der Waals surface area contributed by atoms with E-state index >= 15 is 0 Å². The second-order valence-corrected chi connectivity index (χ2v) is 6.28. The van der Waals surface area contributed by atoms with Gasteiger partial charge in [-0.2, -0.15) is 0 Å². The first-order valence-corrected chi connectivity index (χ1v) is 8.03. The molecule has 1 N–H and O–H groups in total. The predicted molar refractivity (Wildman–Crippen MR) is 89.4 cm³/mol. The summed E-state index contributed by atoms with van der Waals surface area (Å²) in [5.74, 6) is -0.735. The van der Waals surface area contributed by atoms with Gasteiger partial charge in [-0.1, -0.05) is 29.8 Å². The minimum absolute atomic E-state index is 0.0628. The Balaban J connectivity index is 2.11. The molecule has 0 amide bonds. The van der Waals surface area contributed by atoms with Gasteiger partial charge in [0.05, 0.1) is 6.04 Å². The van der Waals surface area contributed by atoms with Crippen LogP contribution < -0.4 is 0 Å². The van der Waals surface area contributed by atoms with Crippen LogP contribution in [0.15, 0.2) is 42.7 Å². The quantitative estimate of drug-likeness (QED) is 0.941. The highest BCUT2D eigenvalue weighted by atomic mass is 16.4. The molecule has 23 heavy (non-hydrogen) atoms. The van der Waals surface area contributed by atoms with Gasteiger partial charge in [-0.25, -0.2) is 0 Å². The van der Waals surface area contributed by atoms with Crippen molar-refractivity contribution < 1.29 is 9.90 Å². The number of pyridine rings is 1. The molecule has 2 aromatic rings. The lowest BCUT2D eigenvalue weighted by Crippen LogP contribution is -2.39. The minimum atomic E-state index is -0.735. The van der Waals surface area contributed by atoms with Crippen molar-refractivity contribution in [2.24, 2.45) is 0 Å². The van der Waals surface area contributed by atoms with Crippen LogP contribution in [0, 0.1) is 13.8 Å². The zero-order valence-corrected chi connectivity index (χ0v) is 13.6. The second kappa shape index (κ2) is 6.50. The Kier molecular flexibility index (Phi) is 4.44. The van der Waals surface area contributed by atoms with E-state index in [4.69, 9.17) is 0 Å². The maximum atomic E-state index is 11.7. The van der Waals surface area contributed by atoms with Crippen LogP contribution in [0.2, 0.25) is 0 Å². The Morgan fingerprint density at radius 2 is 2.17 bits per heavy atom. The number of aliphatic carboxylic acids is 1. The van der Waals surface area contributed by atoms with Crippen LogP contribution in [0.25, 0.3) is 0 Å². The van der Waals surface area contributed by atoms with Gasteiger partial charge in [0.25, 0.3) is 0 Å². The van der Waals surface area contributed by atoms with Crippen molar-refractivity contribution in [1.29, 1.82) is 0 Å². The Hall–Kier alpha value is -2.20. The molecule has 3 rings (SSSR count). The van der Waals surface area contributed by atoms with E-state index in [2.05, 4.69) is 41.9 Å². The number of carboxylic acids is 1. The number of benzene rings is 1. The van der Waals surface area contributed by atoms with Gasteiger partial charge in [-0.3, -0.25) is 14.7 Å². The Labute approximate surface area is 136 Å². The summed E-state index contributed by atoms with van der Waals surface area (Å²) < 4.78 is 0. The van der Waals surface area contributed by atoms with Crippen LogP contribution >= 0.6 is 0 Å². The van der Waals surface area contributed by atoms with Crippen LogP contribution in [0.3, 0.4) is 0 Å². The van der Waals surface area contributed by atoms with Crippen LogP contribution in [-0.4, -0.2) is 33.5 Å². The zero-order chi connectivity index (χ0) is 16.4. The van der Waals surface area contributed by atoms with Gasteiger partial charge in [0.15, 0.2) is 0 Å². The van der Waals surface area contributed by atoms with Crippen molar-refractivity contribution >= 4 is 5.97 Å². The van der Waals surface area contributed by atoms with Gasteiger partial charge < -0.3 is 5.11 Å². The van der Waals surface area contributed by atoms with E-state index in [0.717, 1.165) is 18.5 Å². The van der Waals surface area contributed by atoms with Gasteiger partial charge in [-0.15, -0.1) is 0 Å². The van der Waals surface area contributed by atoms with E-state index in [1.54, 1.807) is 6.20 Å². The molecule has 1 aliphatic rings. The number of rotatable bonds is 4. The summed E-state index contributed by atoms with van der Waals surface area (Å²) in [5.41, 5.74) is 4.59. The van der Waals surface area contributed by atoms with Crippen molar-refractivity contribution in [2.75, 3.05) is 6.54 Å². The highest BCUT2D eigenvalue weighted by Crippen LogP contribution is 2.36. The summed E-state index contributed by atoms with van der Waals surface area (Å²) in [6, 6.07) is 9.84. The number of hydrogen-bond donors (Lipinski definition) is 1. The second-order valence-electron chi connectivity index (χ2n) is 6.28. The maximum Gasteiger partial charge on any atom is 0.320 e. The summed E-state index contributed by atoms with van der Waals surface area (Å²) in [5, 5.41) is 9.59. The molecule has 0 spiro atoms. The molecule has 2 heterocycles. The molecule has 1 aromatic heterocycles. The summed E-state index contributed by atoms with van der Waals surface area (Å²) in [6.45, 7) is 4.95. The molecule has 1 saturated heterocycles. The standard InChI is InChI=1S/C19H22N2O2/c1-13-7-8-14(2)16(11-13)18(15-5-3-9-20-12-15)21-10-4-6-17(21)19(22)23/h3,5,7-9,11-12,17-18H,4,6,10H2,1-2H3,(H,22,23). The first-order chi connectivity index (χ1) is 11.1. The fourth-order valence-corrected chi connectivity index (χ4v) is 3.51. The minimum Gasteiger partial charge on any atom is -0.480 e. The van der Waals surface area contributed by atoms with E-state index in [1.807, 2.05) is 18.3 Å². The number of nitrogens with zero attached hydrogens (tertiary/aromatic N) is 2. The average Bonchev–Trinajstić information content (AvgIpc) is 3.02. The van der Waals surface area contributed by atoms with E-state index in [0.29, 0.717) is 6.42 Å².